The Balaban J connectivity index is 1.62. The van der Waals surface area contributed by atoms with Crippen LogP contribution in [0.25, 0.3) is 0 Å². The molecule has 6 nitrogen and oxygen atoms in total. The molecule has 37 heavy (non-hydrogen) atoms. The van der Waals surface area contributed by atoms with E-state index in [-0.39, 0.29) is 23.5 Å². The number of ether oxygens (including phenoxy) is 2. The number of aromatic nitrogens is 1. The van der Waals surface area contributed by atoms with E-state index in [1.807, 2.05) is 30.3 Å². The quantitative estimate of drug-likeness (QED) is 0.249. The summed E-state index contributed by atoms with van der Waals surface area (Å²) >= 11 is 1.22. The van der Waals surface area contributed by atoms with Crippen LogP contribution in [0, 0.1) is 11.3 Å². The Bertz CT molecular complexity index is 1120. The Hall–Kier alpha value is -2.37. The van der Waals surface area contributed by atoms with Crippen molar-refractivity contribution in [1.82, 2.24) is 4.98 Å². The van der Waals surface area contributed by atoms with Crippen molar-refractivity contribution >= 4 is 28.5 Å². The molecule has 0 spiro atoms. The number of benzene rings is 1. The van der Waals surface area contributed by atoms with Gasteiger partial charge >= 0.3 is 5.97 Å². The first-order chi connectivity index (χ1) is 17.7. The lowest BCUT2D eigenvalue weighted by Crippen LogP contribution is -2.32. The van der Waals surface area contributed by atoms with Crippen LogP contribution in [0.2, 0.25) is 0 Å². The maximum Gasteiger partial charge on any atom is 0.316 e. The molecule has 1 aromatic heterocycles. The topological polar surface area (TPSA) is 89.3 Å². The summed E-state index contributed by atoms with van der Waals surface area (Å²) in [4.78, 5) is 17.4. The van der Waals surface area contributed by atoms with Gasteiger partial charge in [-0.15, -0.1) is 0 Å². The molecule has 3 rings (SSSR count). The van der Waals surface area contributed by atoms with E-state index >= 15 is 0 Å². The predicted molar refractivity (Wildman–Crippen MR) is 150 cm³/mol. The van der Waals surface area contributed by atoms with E-state index in [2.05, 4.69) is 38.7 Å². The van der Waals surface area contributed by atoms with Gasteiger partial charge in [0.25, 0.3) is 0 Å². The lowest BCUT2D eigenvalue weighted by atomic mass is 9.87. The second-order valence-electron chi connectivity index (χ2n) is 10.4. The third-order valence-corrected chi connectivity index (χ3v) is 8.72. The number of carbonyl (C=O) groups is 1. The van der Waals surface area contributed by atoms with E-state index in [0.29, 0.717) is 22.1 Å². The first-order valence-electron chi connectivity index (χ1n) is 13.0. The van der Waals surface area contributed by atoms with Crippen molar-refractivity contribution in [1.29, 1.82) is 5.26 Å². The summed E-state index contributed by atoms with van der Waals surface area (Å²) in [7, 11) is -1.11. The van der Waals surface area contributed by atoms with E-state index in [0.717, 1.165) is 49.8 Å². The number of esters is 1. The lowest BCUT2D eigenvalue weighted by Gasteiger charge is -2.21. The molecule has 0 saturated heterocycles. The molecular formula is C29H38N2O4S2. The van der Waals surface area contributed by atoms with E-state index in [4.69, 9.17) is 9.47 Å². The highest BCUT2D eigenvalue weighted by Gasteiger charge is 2.21. The molecule has 0 amide bonds. The van der Waals surface area contributed by atoms with Crippen molar-refractivity contribution in [3.05, 3.63) is 52.7 Å². The fourth-order valence-corrected chi connectivity index (χ4v) is 6.22. The average Bonchev–Trinajstić information content (AvgIpc) is 2.88. The fourth-order valence-electron chi connectivity index (χ4n) is 4.10. The summed E-state index contributed by atoms with van der Waals surface area (Å²) in [6.45, 7) is 8.65. The second-order valence-corrected chi connectivity index (χ2v) is 13.0. The molecule has 8 heteroatoms. The van der Waals surface area contributed by atoms with Gasteiger partial charge in [-0.05, 0) is 66.8 Å². The summed E-state index contributed by atoms with van der Waals surface area (Å²) in [6.07, 6.45) is 5.24. The van der Waals surface area contributed by atoms with Gasteiger partial charge in [0.1, 0.15) is 29.6 Å². The van der Waals surface area contributed by atoms with E-state index in [1.165, 1.54) is 17.3 Å². The number of nitriles is 1. The highest BCUT2D eigenvalue weighted by Crippen LogP contribution is 2.28. The van der Waals surface area contributed by atoms with Crippen molar-refractivity contribution < 1.29 is 18.5 Å². The van der Waals surface area contributed by atoms with Gasteiger partial charge in [-0.25, -0.2) is 4.98 Å². The molecule has 1 aliphatic carbocycles. The summed E-state index contributed by atoms with van der Waals surface area (Å²) in [5.41, 5.74) is 3.90. The summed E-state index contributed by atoms with van der Waals surface area (Å²) in [5.74, 6) is 1.08. The van der Waals surface area contributed by atoms with Gasteiger partial charge in [0.15, 0.2) is 0 Å². The Morgan fingerprint density at radius 1 is 1.22 bits per heavy atom. The van der Waals surface area contributed by atoms with Crippen LogP contribution in [-0.4, -0.2) is 45.1 Å². The monoisotopic (exact) mass is 542 g/mol. The van der Waals surface area contributed by atoms with E-state index < -0.39 is 22.9 Å². The van der Waals surface area contributed by atoms with Crippen LogP contribution in [0.15, 0.2) is 35.4 Å². The van der Waals surface area contributed by atoms with Gasteiger partial charge in [0, 0.05) is 22.2 Å². The number of hydrogen-bond acceptors (Lipinski definition) is 7. The summed E-state index contributed by atoms with van der Waals surface area (Å²) < 4.78 is 24.2. The van der Waals surface area contributed by atoms with Crippen LogP contribution in [-0.2, 0) is 38.6 Å². The average molecular weight is 543 g/mol. The first-order valence-corrected chi connectivity index (χ1v) is 15.5. The molecule has 1 aromatic carbocycles. The SMILES string of the molecule is CCCCS(=O)CC(COc1ccc(C(C)(C)C)cc1)OC(=O)CSc1nc2c(cc1C#N)CCCC2. The van der Waals surface area contributed by atoms with Crippen LogP contribution in [0.4, 0.5) is 0 Å². The molecule has 0 saturated carbocycles. The zero-order valence-electron chi connectivity index (χ0n) is 22.4. The highest BCUT2D eigenvalue weighted by atomic mass is 32.2. The van der Waals surface area contributed by atoms with Crippen molar-refractivity contribution in [2.24, 2.45) is 0 Å². The van der Waals surface area contributed by atoms with Gasteiger partial charge in [-0.2, -0.15) is 5.26 Å². The normalized spacial score (nSPS) is 14.8. The Morgan fingerprint density at radius 2 is 1.95 bits per heavy atom. The van der Waals surface area contributed by atoms with Gasteiger partial charge < -0.3 is 9.47 Å². The number of aryl methyl sites for hydroxylation is 2. The Morgan fingerprint density at radius 3 is 2.62 bits per heavy atom. The Kier molecular flexibility index (Phi) is 11.0. The maximum atomic E-state index is 12.8. The van der Waals surface area contributed by atoms with E-state index in [9.17, 15) is 14.3 Å². The number of carbonyl (C=O) groups excluding carboxylic acids is 1. The van der Waals surface area contributed by atoms with Crippen LogP contribution in [0.1, 0.15) is 75.8 Å². The molecule has 0 bridgehead atoms. The molecule has 2 aromatic rings. The maximum absolute atomic E-state index is 12.8. The molecule has 2 atom stereocenters. The smallest absolute Gasteiger partial charge is 0.316 e. The zero-order chi connectivity index (χ0) is 26.8. The fraction of sp³-hybridized carbons (Fsp3) is 0.552. The minimum absolute atomic E-state index is 0.0266. The molecule has 0 fully saturated rings. The molecule has 1 aliphatic rings. The van der Waals surface area contributed by atoms with Crippen molar-refractivity contribution in [3.8, 4) is 11.8 Å². The number of unbranched alkanes of at least 4 members (excludes halogenated alkanes) is 1. The number of fused-ring (bicyclic) bond motifs is 1. The molecule has 0 radical (unpaired) electrons. The largest absolute Gasteiger partial charge is 0.490 e. The molecular weight excluding hydrogens is 504 g/mol. The van der Waals surface area contributed by atoms with E-state index in [1.54, 1.807) is 0 Å². The number of nitrogens with zero attached hydrogens (tertiary/aromatic N) is 2. The van der Waals surface area contributed by atoms with Crippen molar-refractivity contribution in [3.63, 3.8) is 0 Å². The van der Waals surface area contributed by atoms with Gasteiger partial charge in [-0.3, -0.25) is 9.00 Å². The van der Waals surface area contributed by atoms with Crippen molar-refractivity contribution in [2.45, 2.75) is 82.8 Å². The Labute approximate surface area is 228 Å². The highest BCUT2D eigenvalue weighted by molar-refractivity contribution is 7.99. The summed E-state index contributed by atoms with van der Waals surface area (Å²) in [5, 5.41) is 10.1. The van der Waals surface area contributed by atoms with Crippen molar-refractivity contribution in [2.75, 3.05) is 23.9 Å². The minimum atomic E-state index is -1.11. The predicted octanol–water partition coefficient (Wildman–Crippen LogP) is 5.76. The summed E-state index contributed by atoms with van der Waals surface area (Å²) in [6, 6.07) is 12.0. The number of hydrogen-bond donors (Lipinski definition) is 0. The van der Waals surface area contributed by atoms with Crippen LogP contribution in [0.3, 0.4) is 0 Å². The molecule has 0 N–H and O–H groups in total. The van der Waals surface area contributed by atoms with Gasteiger partial charge in [0.05, 0.1) is 17.1 Å². The van der Waals surface area contributed by atoms with Crippen LogP contribution < -0.4 is 4.74 Å². The number of pyridine rings is 1. The first kappa shape index (κ1) is 29.2. The third-order valence-electron chi connectivity index (χ3n) is 6.26. The molecule has 0 aliphatic heterocycles. The molecule has 1 heterocycles. The lowest BCUT2D eigenvalue weighted by molar-refractivity contribution is -0.146. The molecule has 200 valence electrons. The van der Waals surface area contributed by atoms with Gasteiger partial charge in [0.2, 0.25) is 0 Å². The minimum Gasteiger partial charge on any atom is -0.490 e. The van der Waals surface area contributed by atoms with Crippen LogP contribution >= 0.6 is 11.8 Å². The zero-order valence-corrected chi connectivity index (χ0v) is 24.0. The van der Waals surface area contributed by atoms with Gasteiger partial charge in [-0.1, -0.05) is 58.0 Å². The number of thioether (sulfide) groups is 1. The molecule has 2 unspecified atom stereocenters. The standard InChI is InChI=1S/C29H38N2O4S2/c1-5-6-15-37(33)20-25(18-34-24-13-11-23(12-14-24)29(2,3)4)35-27(32)19-36-28-22(17-30)16-21-9-7-8-10-26(21)31-28/h11-14,16,25H,5-10,15,18-20H2,1-4H3. The third kappa shape index (κ3) is 9.15. The number of rotatable bonds is 12. The van der Waals surface area contributed by atoms with Crippen LogP contribution in [0.5, 0.6) is 5.75 Å². The second kappa shape index (κ2) is 14.0.